The van der Waals surface area contributed by atoms with Crippen molar-refractivity contribution < 1.29 is 9.53 Å². The third kappa shape index (κ3) is 3.89. The molecule has 1 aliphatic rings. The number of nitrogens with one attached hydrogen (secondary N) is 1. The Hall–Kier alpha value is -1.83. The number of ether oxygens (including phenoxy) is 1. The highest BCUT2D eigenvalue weighted by molar-refractivity contribution is 7.99. The van der Waals surface area contributed by atoms with Crippen LogP contribution in [0.4, 0.5) is 0 Å². The van der Waals surface area contributed by atoms with E-state index in [2.05, 4.69) is 10.3 Å². The predicted molar refractivity (Wildman–Crippen MR) is 100 cm³/mol. The fourth-order valence-electron chi connectivity index (χ4n) is 2.87. The standard InChI is InChI=1S/C18H19N3O2S2/c22-17(19-10-13-11-21-7-9-24-18(21)20-13)15-5-1-2-6-16(15)25-12-14-4-3-8-23-14/h1-2,5-7,9,11,14H,3-4,8,10,12H2,(H,19,22). The smallest absolute Gasteiger partial charge is 0.252 e. The first kappa shape index (κ1) is 16.6. The average molecular weight is 374 g/mol. The summed E-state index contributed by atoms with van der Waals surface area (Å²) in [7, 11) is 0. The van der Waals surface area contributed by atoms with E-state index in [0.29, 0.717) is 18.2 Å². The fourth-order valence-corrected chi connectivity index (χ4v) is 4.70. The van der Waals surface area contributed by atoms with Gasteiger partial charge in [0.25, 0.3) is 5.91 Å². The van der Waals surface area contributed by atoms with E-state index in [-0.39, 0.29) is 5.91 Å². The number of fused-ring (bicyclic) bond motifs is 1. The largest absolute Gasteiger partial charge is 0.377 e. The topological polar surface area (TPSA) is 55.6 Å². The van der Waals surface area contributed by atoms with Gasteiger partial charge < -0.3 is 10.1 Å². The molecule has 0 bridgehead atoms. The Balaban J connectivity index is 1.39. The number of carbonyl (C=O) groups excluding carboxylic acids is 1. The van der Waals surface area contributed by atoms with Gasteiger partial charge in [-0.1, -0.05) is 12.1 Å². The number of rotatable bonds is 6. The number of carbonyl (C=O) groups is 1. The van der Waals surface area contributed by atoms with Crippen LogP contribution in [0.15, 0.2) is 46.9 Å². The maximum atomic E-state index is 12.6. The Morgan fingerprint density at radius 3 is 3.20 bits per heavy atom. The van der Waals surface area contributed by atoms with Crippen molar-refractivity contribution in [2.45, 2.75) is 30.4 Å². The van der Waals surface area contributed by atoms with Crippen LogP contribution < -0.4 is 5.32 Å². The fraction of sp³-hybridized carbons (Fsp3) is 0.333. The molecule has 2 aromatic heterocycles. The zero-order valence-electron chi connectivity index (χ0n) is 13.7. The highest BCUT2D eigenvalue weighted by Crippen LogP contribution is 2.26. The molecule has 0 spiro atoms. The lowest BCUT2D eigenvalue weighted by Crippen LogP contribution is -2.23. The Labute approximate surface area is 154 Å². The van der Waals surface area contributed by atoms with Crippen molar-refractivity contribution in [3.8, 4) is 0 Å². The first-order valence-corrected chi connectivity index (χ1v) is 10.2. The molecule has 3 heterocycles. The Bertz CT molecular complexity index is 839. The molecule has 5 nitrogen and oxygen atoms in total. The summed E-state index contributed by atoms with van der Waals surface area (Å²) < 4.78 is 7.64. The molecule has 1 N–H and O–H groups in total. The molecule has 0 aliphatic carbocycles. The second-order valence-electron chi connectivity index (χ2n) is 5.95. The van der Waals surface area contributed by atoms with Crippen molar-refractivity contribution in [3.63, 3.8) is 0 Å². The van der Waals surface area contributed by atoms with Crippen LogP contribution in [0.2, 0.25) is 0 Å². The SMILES string of the molecule is O=C(NCc1cn2ccsc2n1)c1ccccc1SCC1CCCO1. The van der Waals surface area contributed by atoms with Crippen LogP contribution in [0, 0.1) is 0 Å². The third-order valence-corrected chi connectivity index (χ3v) is 6.13. The summed E-state index contributed by atoms with van der Waals surface area (Å²) in [6.45, 7) is 1.29. The molecule has 1 atom stereocenters. The molecule has 0 saturated carbocycles. The van der Waals surface area contributed by atoms with E-state index in [4.69, 9.17) is 4.74 Å². The number of benzene rings is 1. The van der Waals surface area contributed by atoms with Crippen molar-refractivity contribution >= 4 is 34.0 Å². The number of thiazole rings is 1. The molecule has 1 amide bonds. The maximum absolute atomic E-state index is 12.6. The minimum absolute atomic E-state index is 0.0632. The molecule has 1 unspecified atom stereocenters. The number of aromatic nitrogens is 2. The van der Waals surface area contributed by atoms with Crippen LogP contribution in [0.1, 0.15) is 28.9 Å². The number of thioether (sulfide) groups is 1. The molecule has 1 saturated heterocycles. The van der Waals surface area contributed by atoms with E-state index >= 15 is 0 Å². The summed E-state index contributed by atoms with van der Waals surface area (Å²) in [5.74, 6) is 0.827. The van der Waals surface area contributed by atoms with Gasteiger partial charge in [-0.2, -0.15) is 0 Å². The van der Waals surface area contributed by atoms with Gasteiger partial charge in [0.1, 0.15) is 0 Å². The minimum atomic E-state index is -0.0632. The quantitative estimate of drug-likeness (QED) is 0.671. The second kappa shape index (κ2) is 7.59. The molecule has 1 aromatic carbocycles. The third-order valence-electron chi connectivity index (χ3n) is 4.15. The summed E-state index contributed by atoms with van der Waals surface area (Å²) in [5.41, 5.74) is 1.58. The predicted octanol–water partition coefficient (Wildman–Crippen LogP) is 3.60. The lowest BCUT2D eigenvalue weighted by Gasteiger charge is -2.12. The van der Waals surface area contributed by atoms with Gasteiger partial charge >= 0.3 is 0 Å². The molecule has 7 heteroatoms. The maximum Gasteiger partial charge on any atom is 0.252 e. The monoisotopic (exact) mass is 373 g/mol. The Kier molecular flexibility index (Phi) is 5.05. The van der Waals surface area contributed by atoms with Crippen LogP contribution in [0.25, 0.3) is 4.96 Å². The van der Waals surface area contributed by atoms with E-state index < -0.39 is 0 Å². The Morgan fingerprint density at radius 2 is 2.36 bits per heavy atom. The first-order valence-electron chi connectivity index (χ1n) is 8.32. The van der Waals surface area contributed by atoms with Gasteiger partial charge in [0.15, 0.2) is 4.96 Å². The number of hydrogen-bond acceptors (Lipinski definition) is 5. The van der Waals surface area contributed by atoms with Gasteiger partial charge in [0.2, 0.25) is 0 Å². The molecule has 0 radical (unpaired) electrons. The summed E-state index contributed by atoms with van der Waals surface area (Å²) in [4.78, 5) is 19.0. The zero-order valence-corrected chi connectivity index (χ0v) is 15.3. The molecule has 25 heavy (non-hydrogen) atoms. The highest BCUT2D eigenvalue weighted by atomic mass is 32.2. The van der Waals surface area contributed by atoms with Crippen molar-refractivity contribution in [2.75, 3.05) is 12.4 Å². The zero-order chi connectivity index (χ0) is 17.1. The summed E-state index contributed by atoms with van der Waals surface area (Å²) in [6.07, 6.45) is 6.47. The number of imidazole rings is 1. The van der Waals surface area contributed by atoms with Gasteiger partial charge in [-0.15, -0.1) is 23.1 Å². The van der Waals surface area contributed by atoms with E-state index in [1.165, 1.54) is 0 Å². The van der Waals surface area contributed by atoms with E-state index in [0.717, 1.165) is 40.8 Å². The van der Waals surface area contributed by atoms with Crippen LogP contribution >= 0.6 is 23.1 Å². The lowest BCUT2D eigenvalue weighted by atomic mass is 10.2. The van der Waals surface area contributed by atoms with E-state index in [9.17, 15) is 4.79 Å². The molecule has 1 aliphatic heterocycles. The summed E-state index contributed by atoms with van der Waals surface area (Å²) in [6, 6.07) is 7.75. The molecular weight excluding hydrogens is 354 g/mol. The van der Waals surface area contributed by atoms with Crippen LogP contribution in [-0.4, -0.2) is 33.8 Å². The summed E-state index contributed by atoms with van der Waals surface area (Å²) in [5, 5.41) is 4.97. The minimum Gasteiger partial charge on any atom is -0.377 e. The average Bonchev–Trinajstić information content (AvgIpc) is 3.35. The molecule has 130 valence electrons. The van der Waals surface area contributed by atoms with Crippen molar-refractivity contribution in [3.05, 3.63) is 53.3 Å². The highest BCUT2D eigenvalue weighted by Gasteiger charge is 2.18. The molecular formula is C18H19N3O2S2. The van der Waals surface area contributed by atoms with Gasteiger partial charge in [-0.3, -0.25) is 9.20 Å². The van der Waals surface area contributed by atoms with E-state index in [1.807, 2.05) is 46.4 Å². The van der Waals surface area contributed by atoms with Crippen molar-refractivity contribution in [2.24, 2.45) is 0 Å². The number of nitrogens with zero attached hydrogens (tertiary/aromatic N) is 2. The first-order chi connectivity index (χ1) is 12.3. The van der Waals surface area contributed by atoms with Gasteiger partial charge in [0, 0.05) is 35.0 Å². The van der Waals surface area contributed by atoms with Gasteiger partial charge in [0.05, 0.1) is 23.9 Å². The summed E-state index contributed by atoms with van der Waals surface area (Å²) >= 11 is 3.28. The number of hydrogen-bond donors (Lipinski definition) is 1. The molecule has 3 aromatic rings. The lowest BCUT2D eigenvalue weighted by molar-refractivity contribution is 0.0947. The molecule has 1 fully saturated rings. The van der Waals surface area contributed by atoms with Crippen LogP contribution in [0.3, 0.4) is 0 Å². The van der Waals surface area contributed by atoms with Gasteiger partial charge in [-0.25, -0.2) is 4.98 Å². The van der Waals surface area contributed by atoms with E-state index in [1.54, 1.807) is 23.1 Å². The second-order valence-corrected chi connectivity index (χ2v) is 7.88. The van der Waals surface area contributed by atoms with Crippen molar-refractivity contribution in [1.82, 2.24) is 14.7 Å². The molecule has 4 rings (SSSR count). The normalized spacial score (nSPS) is 17.2. The van der Waals surface area contributed by atoms with Gasteiger partial charge in [-0.05, 0) is 25.0 Å². The van der Waals surface area contributed by atoms with Crippen molar-refractivity contribution in [1.29, 1.82) is 0 Å². The van der Waals surface area contributed by atoms with Crippen LogP contribution in [0.5, 0.6) is 0 Å². The number of amides is 1. The van der Waals surface area contributed by atoms with Crippen LogP contribution in [-0.2, 0) is 11.3 Å². The Morgan fingerprint density at radius 1 is 1.44 bits per heavy atom.